The van der Waals surface area contributed by atoms with Gasteiger partial charge >= 0.3 is 0 Å². The van der Waals surface area contributed by atoms with Crippen molar-refractivity contribution in [3.05, 3.63) is 70.9 Å². The number of aryl methyl sites for hydroxylation is 2. The Kier molecular flexibility index (Phi) is 7.07. The molecule has 9 nitrogen and oxygen atoms in total. The first kappa shape index (κ1) is 22.6. The monoisotopic (exact) mass is 448 g/mol. The molecular weight excluding hydrogens is 420 g/mol. The van der Waals surface area contributed by atoms with Gasteiger partial charge < -0.3 is 14.7 Å². The first-order chi connectivity index (χ1) is 16.0. The maximum absolute atomic E-state index is 12.8. The third-order valence-corrected chi connectivity index (χ3v) is 5.90. The number of pyridine rings is 1. The van der Waals surface area contributed by atoms with E-state index < -0.39 is 0 Å². The molecule has 0 atom stereocenters. The predicted molar refractivity (Wildman–Crippen MR) is 120 cm³/mol. The average molecular weight is 449 g/mol. The van der Waals surface area contributed by atoms with E-state index in [-0.39, 0.29) is 11.8 Å². The van der Waals surface area contributed by atoms with Crippen molar-refractivity contribution < 1.29 is 14.1 Å². The number of aromatic nitrogens is 4. The number of hydrogen-bond donors (Lipinski definition) is 1. The molecule has 4 rings (SSSR count). The summed E-state index contributed by atoms with van der Waals surface area (Å²) in [5.74, 6) is 0.930. The van der Waals surface area contributed by atoms with Crippen molar-refractivity contribution in [1.82, 2.24) is 30.3 Å². The number of nitrogens with one attached hydrogen (secondary N) is 1. The summed E-state index contributed by atoms with van der Waals surface area (Å²) in [5, 5.41) is 6.82. The molecule has 0 saturated carbocycles. The molecule has 0 aliphatic carbocycles. The van der Waals surface area contributed by atoms with Crippen molar-refractivity contribution in [2.24, 2.45) is 5.92 Å². The van der Waals surface area contributed by atoms with Gasteiger partial charge in [0.25, 0.3) is 11.8 Å². The van der Waals surface area contributed by atoms with Crippen molar-refractivity contribution in [3.63, 3.8) is 0 Å². The Bertz CT molecular complexity index is 1110. The van der Waals surface area contributed by atoms with Crippen molar-refractivity contribution in [1.29, 1.82) is 0 Å². The lowest BCUT2D eigenvalue weighted by Gasteiger charge is -2.31. The van der Waals surface area contributed by atoms with Crippen molar-refractivity contribution >= 4 is 11.8 Å². The van der Waals surface area contributed by atoms with E-state index in [0.717, 1.165) is 36.3 Å². The number of carbonyl (C=O) groups excluding carboxylic acids is 2. The van der Waals surface area contributed by atoms with Gasteiger partial charge in [0.1, 0.15) is 5.82 Å². The summed E-state index contributed by atoms with van der Waals surface area (Å²) in [6, 6.07) is 7.30. The summed E-state index contributed by atoms with van der Waals surface area (Å²) in [5.41, 5.74) is 2.80. The fourth-order valence-electron chi connectivity index (χ4n) is 3.98. The van der Waals surface area contributed by atoms with Crippen LogP contribution in [-0.4, -0.2) is 49.9 Å². The van der Waals surface area contributed by atoms with Crippen LogP contribution in [0.25, 0.3) is 0 Å². The van der Waals surface area contributed by atoms with Crippen LogP contribution in [0.5, 0.6) is 0 Å². The van der Waals surface area contributed by atoms with Gasteiger partial charge in [-0.2, -0.15) is 0 Å². The number of rotatable bonds is 7. The molecule has 3 aromatic heterocycles. The van der Waals surface area contributed by atoms with E-state index in [4.69, 9.17) is 4.52 Å². The van der Waals surface area contributed by atoms with Gasteiger partial charge in [-0.25, -0.2) is 9.97 Å². The fraction of sp³-hybridized carbons (Fsp3) is 0.417. The standard InChI is InChI=1S/C24H28N6O3/c1-3-18-13-22(33-29-18)24(32)30-10-7-17(8-11-30)12-21-20(15-26-16(2)28-21)23(31)27-14-19-6-4-5-9-25-19/h4-6,9,13,15,17H,3,7-8,10-12,14H2,1-2H3,(H,27,31). The second-order valence-electron chi connectivity index (χ2n) is 8.26. The molecule has 1 saturated heterocycles. The summed E-state index contributed by atoms with van der Waals surface area (Å²) in [6.45, 7) is 5.41. The van der Waals surface area contributed by atoms with Crippen LogP contribution in [0.2, 0.25) is 0 Å². The van der Waals surface area contributed by atoms with E-state index in [9.17, 15) is 9.59 Å². The molecule has 4 heterocycles. The van der Waals surface area contributed by atoms with Gasteiger partial charge in [-0.15, -0.1) is 0 Å². The molecule has 1 aliphatic rings. The highest BCUT2D eigenvalue weighted by molar-refractivity contribution is 5.95. The maximum atomic E-state index is 12.8. The minimum atomic E-state index is -0.208. The van der Waals surface area contributed by atoms with Gasteiger partial charge in [-0.1, -0.05) is 18.1 Å². The topological polar surface area (TPSA) is 114 Å². The summed E-state index contributed by atoms with van der Waals surface area (Å²) in [7, 11) is 0. The summed E-state index contributed by atoms with van der Waals surface area (Å²) < 4.78 is 5.20. The predicted octanol–water partition coefficient (Wildman–Crippen LogP) is 2.76. The number of amides is 2. The van der Waals surface area contributed by atoms with Gasteiger partial charge in [0, 0.05) is 31.5 Å². The number of piperidine rings is 1. The molecule has 3 aromatic rings. The molecule has 33 heavy (non-hydrogen) atoms. The second-order valence-corrected chi connectivity index (χ2v) is 8.26. The van der Waals surface area contributed by atoms with Crippen LogP contribution in [0.3, 0.4) is 0 Å². The lowest BCUT2D eigenvalue weighted by molar-refractivity contribution is 0.0648. The van der Waals surface area contributed by atoms with E-state index in [1.54, 1.807) is 18.5 Å². The molecule has 1 N–H and O–H groups in total. The molecule has 0 spiro atoms. The third-order valence-electron chi connectivity index (χ3n) is 5.90. The Hall–Kier alpha value is -3.62. The molecule has 0 bridgehead atoms. The average Bonchev–Trinajstić information content (AvgIpc) is 3.33. The van der Waals surface area contributed by atoms with Crippen LogP contribution in [0, 0.1) is 12.8 Å². The SMILES string of the molecule is CCc1cc(C(=O)N2CCC(Cc3nc(C)ncc3C(=O)NCc3ccccn3)CC2)on1. The van der Waals surface area contributed by atoms with E-state index in [2.05, 4.69) is 25.4 Å². The number of carbonyl (C=O) groups is 2. The summed E-state index contributed by atoms with van der Waals surface area (Å²) in [6.07, 6.45) is 6.36. The van der Waals surface area contributed by atoms with Crippen LogP contribution < -0.4 is 5.32 Å². The highest BCUT2D eigenvalue weighted by Gasteiger charge is 2.27. The smallest absolute Gasteiger partial charge is 0.292 e. The van der Waals surface area contributed by atoms with E-state index in [1.165, 1.54) is 0 Å². The van der Waals surface area contributed by atoms with Crippen LogP contribution in [0.15, 0.2) is 41.2 Å². The highest BCUT2D eigenvalue weighted by Crippen LogP contribution is 2.24. The molecule has 172 valence electrons. The highest BCUT2D eigenvalue weighted by atomic mass is 16.5. The molecule has 9 heteroatoms. The van der Waals surface area contributed by atoms with Gasteiger partial charge in [0.2, 0.25) is 5.76 Å². The third kappa shape index (κ3) is 5.60. The Labute approximate surface area is 192 Å². The maximum Gasteiger partial charge on any atom is 0.292 e. The number of nitrogens with zero attached hydrogens (tertiary/aromatic N) is 5. The van der Waals surface area contributed by atoms with Gasteiger partial charge in [-0.3, -0.25) is 14.6 Å². The van der Waals surface area contributed by atoms with Gasteiger partial charge in [0.15, 0.2) is 0 Å². The Morgan fingerprint density at radius 2 is 2.00 bits per heavy atom. The summed E-state index contributed by atoms with van der Waals surface area (Å²) >= 11 is 0. The molecule has 0 unspecified atom stereocenters. The van der Waals surface area contributed by atoms with Gasteiger partial charge in [-0.05, 0) is 50.7 Å². The van der Waals surface area contributed by atoms with Crippen LogP contribution >= 0.6 is 0 Å². The first-order valence-electron chi connectivity index (χ1n) is 11.3. The molecule has 1 aliphatic heterocycles. The molecule has 0 aromatic carbocycles. The zero-order chi connectivity index (χ0) is 23.2. The second kappa shape index (κ2) is 10.3. The van der Waals surface area contributed by atoms with Crippen molar-refractivity contribution in [2.45, 2.75) is 46.1 Å². The fourth-order valence-corrected chi connectivity index (χ4v) is 3.98. The van der Waals surface area contributed by atoms with E-state index in [0.29, 0.717) is 49.1 Å². The Balaban J connectivity index is 1.36. The van der Waals surface area contributed by atoms with Crippen molar-refractivity contribution in [3.8, 4) is 0 Å². The number of hydrogen-bond acceptors (Lipinski definition) is 7. The zero-order valence-electron chi connectivity index (χ0n) is 19.0. The largest absolute Gasteiger partial charge is 0.351 e. The Morgan fingerprint density at radius 3 is 2.70 bits per heavy atom. The minimum absolute atomic E-state index is 0.117. The van der Waals surface area contributed by atoms with E-state index in [1.807, 2.05) is 36.9 Å². The normalized spacial score (nSPS) is 14.3. The van der Waals surface area contributed by atoms with Gasteiger partial charge in [0.05, 0.1) is 29.2 Å². The lowest BCUT2D eigenvalue weighted by atomic mass is 9.90. The van der Waals surface area contributed by atoms with Crippen LogP contribution in [0.1, 0.15) is 63.6 Å². The van der Waals surface area contributed by atoms with Crippen molar-refractivity contribution in [2.75, 3.05) is 13.1 Å². The Morgan fingerprint density at radius 1 is 1.18 bits per heavy atom. The lowest BCUT2D eigenvalue weighted by Crippen LogP contribution is -2.39. The quantitative estimate of drug-likeness (QED) is 0.591. The minimum Gasteiger partial charge on any atom is -0.351 e. The van der Waals surface area contributed by atoms with E-state index >= 15 is 0 Å². The molecule has 0 radical (unpaired) electrons. The summed E-state index contributed by atoms with van der Waals surface area (Å²) in [4.78, 5) is 40.4. The number of likely N-dealkylation sites (tertiary alicyclic amines) is 1. The zero-order valence-corrected chi connectivity index (χ0v) is 19.0. The molecule has 2 amide bonds. The molecule has 1 fully saturated rings. The van der Waals surface area contributed by atoms with Crippen LogP contribution in [0.4, 0.5) is 0 Å². The van der Waals surface area contributed by atoms with Crippen LogP contribution in [-0.2, 0) is 19.4 Å². The first-order valence-corrected chi connectivity index (χ1v) is 11.3. The molecular formula is C24H28N6O3.